The van der Waals surface area contributed by atoms with Crippen LogP contribution in [-0.2, 0) is 0 Å². The van der Waals surface area contributed by atoms with Crippen LogP contribution in [0.2, 0.25) is 0 Å². The minimum absolute atomic E-state index is 0.0154. The summed E-state index contributed by atoms with van der Waals surface area (Å²) in [5.41, 5.74) is 1.17. The molecule has 1 aromatic heterocycles. The van der Waals surface area contributed by atoms with E-state index in [1.54, 1.807) is 6.20 Å². The summed E-state index contributed by atoms with van der Waals surface area (Å²) in [7, 11) is 0. The molecule has 1 N–H and O–H groups in total. The predicted octanol–water partition coefficient (Wildman–Crippen LogP) is 2.80. The van der Waals surface area contributed by atoms with Gasteiger partial charge in [-0.25, -0.2) is 4.39 Å². The van der Waals surface area contributed by atoms with Gasteiger partial charge in [-0.05, 0) is 31.0 Å². The molecule has 0 aliphatic carbocycles. The maximum Gasteiger partial charge on any atom is 0.295 e. The van der Waals surface area contributed by atoms with Crippen molar-refractivity contribution in [2.24, 2.45) is 0 Å². The fraction of sp³-hybridized carbons (Fsp3) is 0.308. The van der Waals surface area contributed by atoms with Gasteiger partial charge in [0.15, 0.2) is 0 Å². The minimum Gasteiger partial charge on any atom is -0.357 e. The molecule has 1 saturated heterocycles. The molecule has 0 spiro atoms. The predicted molar refractivity (Wildman–Crippen MR) is 71.0 cm³/mol. The highest BCUT2D eigenvalue weighted by atomic mass is 19.1. The molecule has 0 bridgehead atoms. The Morgan fingerprint density at radius 3 is 3.00 bits per heavy atom. The van der Waals surface area contributed by atoms with Crippen molar-refractivity contribution in [1.82, 2.24) is 10.2 Å². The molecule has 104 valence electrons. The fourth-order valence-electron chi connectivity index (χ4n) is 2.72. The van der Waals surface area contributed by atoms with Crippen LogP contribution in [0.1, 0.15) is 24.6 Å². The zero-order valence-electron chi connectivity index (χ0n) is 10.6. The van der Waals surface area contributed by atoms with E-state index in [4.69, 9.17) is 0 Å². The molecule has 1 aliphatic rings. The Labute approximate surface area is 114 Å². The molecule has 6 nitrogen and oxygen atoms in total. The van der Waals surface area contributed by atoms with Gasteiger partial charge >= 0.3 is 0 Å². The van der Waals surface area contributed by atoms with Gasteiger partial charge < -0.3 is 4.90 Å². The zero-order chi connectivity index (χ0) is 14.1. The number of aromatic amines is 1. The number of hydrogen-bond donors (Lipinski definition) is 1. The first-order chi connectivity index (χ1) is 9.66. The summed E-state index contributed by atoms with van der Waals surface area (Å²) in [6.45, 7) is 0.705. The second kappa shape index (κ2) is 4.92. The Morgan fingerprint density at radius 2 is 2.30 bits per heavy atom. The van der Waals surface area contributed by atoms with Gasteiger partial charge in [0.2, 0.25) is 0 Å². The van der Waals surface area contributed by atoms with Crippen molar-refractivity contribution in [1.29, 1.82) is 0 Å². The van der Waals surface area contributed by atoms with Crippen LogP contribution in [0.4, 0.5) is 15.8 Å². The number of nitro benzene ring substituents is 1. The molecule has 2 aromatic rings. The molecule has 0 radical (unpaired) electrons. The monoisotopic (exact) mass is 276 g/mol. The second-order valence-electron chi connectivity index (χ2n) is 4.75. The molecule has 3 rings (SSSR count). The lowest BCUT2D eigenvalue weighted by Gasteiger charge is -2.25. The molecule has 7 heteroatoms. The second-order valence-corrected chi connectivity index (χ2v) is 4.75. The van der Waals surface area contributed by atoms with Gasteiger partial charge in [0.25, 0.3) is 5.69 Å². The van der Waals surface area contributed by atoms with Crippen LogP contribution < -0.4 is 4.90 Å². The average Bonchev–Trinajstić information content (AvgIpc) is 3.09. The number of nitrogens with one attached hydrogen (secondary N) is 1. The topological polar surface area (TPSA) is 75.1 Å². The van der Waals surface area contributed by atoms with Crippen molar-refractivity contribution in [2.45, 2.75) is 18.9 Å². The summed E-state index contributed by atoms with van der Waals surface area (Å²) in [6.07, 6.45) is 3.47. The van der Waals surface area contributed by atoms with Crippen molar-refractivity contribution in [3.63, 3.8) is 0 Å². The summed E-state index contributed by atoms with van der Waals surface area (Å²) >= 11 is 0. The Hall–Kier alpha value is -2.44. The smallest absolute Gasteiger partial charge is 0.295 e. The first kappa shape index (κ1) is 12.6. The average molecular weight is 276 g/mol. The van der Waals surface area contributed by atoms with E-state index in [0.717, 1.165) is 24.6 Å². The van der Waals surface area contributed by atoms with Crippen molar-refractivity contribution in [3.8, 4) is 0 Å². The first-order valence-corrected chi connectivity index (χ1v) is 6.36. The van der Waals surface area contributed by atoms with Gasteiger partial charge in [0.05, 0.1) is 22.7 Å². The maximum atomic E-state index is 13.2. The molecule has 0 saturated carbocycles. The first-order valence-electron chi connectivity index (χ1n) is 6.36. The third kappa shape index (κ3) is 2.11. The van der Waals surface area contributed by atoms with E-state index in [1.165, 1.54) is 12.1 Å². The Balaban J connectivity index is 2.02. The van der Waals surface area contributed by atoms with Crippen molar-refractivity contribution in [2.75, 3.05) is 11.4 Å². The lowest BCUT2D eigenvalue weighted by molar-refractivity contribution is -0.384. The Bertz CT molecular complexity index is 629. The van der Waals surface area contributed by atoms with E-state index < -0.39 is 10.7 Å². The molecule has 20 heavy (non-hydrogen) atoms. The van der Waals surface area contributed by atoms with Crippen LogP contribution in [0.3, 0.4) is 0 Å². The highest BCUT2D eigenvalue weighted by Crippen LogP contribution is 2.39. The summed E-state index contributed by atoms with van der Waals surface area (Å²) < 4.78 is 13.2. The molecule has 1 fully saturated rings. The summed E-state index contributed by atoms with van der Waals surface area (Å²) in [4.78, 5) is 12.5. The summed E-state index contributed by atoms with van der Waals surface area (Å²) in [5.74, 6) is -0.599. The molecular formula is C13H13FN4O2. The van der Waals surface area contributed by atoms with Gasteiger partial charge in [-0.1, -0.05) is 0 Å². The van der Waals surface area contributed by atoms with Crippen LogP contribution in [0.5, 0.6) is 0 Å². The van der Waals surface area contributed by atoms with Gasteiger partial charge in [-0.2, -0.15) is 5.10 Å². The number of nitro groups is 1. The number of H-pyrrole nitrogens is 1. The molecule has 1 aliphatic heterocycles. The lowest BCUT2D eigenvalue weighted by Crippen LogP contribution is -2.23. The molecule has 0 amide bonds. The highest BCUT2D eigenvalue weighted by Gasteiger charge is 2.31. The van der Waals surface area contributed by atoms with E-state index in [9.17, 15) is 14.5 Å². The van der Waals surface area contributed by atoms with Crippen molar-refractivity contribution >= 4 is 11.4 Å². The third-order valence-electron chi connectivity index (χ3n) is 3.58. The molecule has 1 unspecified atom stereocenters. The van der Waals surface area contributed by atoms with E-state index in [-0.39, 0.29) is 11.7 Å². The number of benzene rings is 1. The molecule has 1 atom stereocenters. The van der Waals surface area contributed by atoms with E-state index >= 15 is 0 Å². The Morgan fingerprint density at radius 1 is 1.45 bits per heavy atom. The zero-order valence-corrected chi connectivity index (χ0v) is 10.6. The number of rotatable bonds is 3. The number of halogens is 1. The van der Waals surface area contributed by atoms with E-state index in [1.807, 2.05) is 11.0 Å². The van der Waals surface area contributed by atoms with Crippen molar-refractivity contribution in [3.05, 3.63) is 52.1 Å². The fourth-order valence-corrected chi connectivity index (χ4v) is 2.72. The molecule has 1 aromatic carbocycles. The minimum atomic E-state index is -0.599. The number of nitrogens with zero attached hydrogens (tertiary/aromatic N) is 3. The van der Waals surface area contributed by atoms with Gasteiger partial charge in [0, 0.05) is 12.7 Å². The van der Waals surface area contributed by atoms with Crippen LogP contribution in [0.25, 0.3) is 0 Å². The lowest BCUT2D eigenvalue weighted by atomic mass is 10.1. The van der Waals surface area contributed by atoms with Gasteiger partial charge in [0.1, 0.15) is 11.5 Å². The van der Waals surface area contributed by atoms with Crippen LogP contribution in [0.15, 0.2) is 30.5 Å². The Kier molecular flexibility index (Phi) is 3.09. The summed E-state index contributed by atoms with van der Waals surface area (Å²) in [6, 6.07) is 5.57. The number of hydrogen-bond acceptors (Lipinski definition) is 4. The SMILES string of the molecule is O=[N+]([O-])c1cc(F)ccc1N1CCCC1c1ccn[nH]1. The standard InChI is InChI=1S/C13H13FN4O2/c14-9-3-4-12(13(8-9)18(19)20)17-7-1-2-11(17)10-5-6-15-16-10/h3-6,8,11H,1-2,7H2,(H,15,16). The quantitative estimate of drug-likeness (QED) is 0.691. The van der Waals surface area contributed by atoms with Crippen molar-refractivity contribution < 1.29 is 9.31 Å². The molecule has 2 heterocycles. The van der Waals surface area contributed by atoms with Crippen LogP contribution in [0, 0.1) is 15.9 Å². The molecular weight excluding hydrogens is 263 g/mol. The van der Waals surface area contributed by atoms with Crippen LogP contribution >= 0.6 is 0 Å². The number of anilines is 1. The van der Waals surface area contributed by atoms with E-state index in [2.05, 4.69) is 10.2 Å². The number of aromatic nitrogens is 2. The largest absolute Gasteiger partial charge is 0.357 e. The van der Waals surface area contributed by atoms with Gasteiger partial charge in [-0.15, -0.1) is 0 Å². The van der Waals surface area contributed by atoms with E-state index in [0.29, 0.717) is 12.2 Å². The summed E-state index contributed by atoms with van der Waals surface area (Å²) in [5, 5.41) is 17.9. The van der Waals surface area contributed by atoms with Crippen LogP contribution in [-0.4, -0.2) is 21.7 Å². The van der Waals surface area contributed by atoms with Gasteiger partial charge in [-0.3, -0.25) is 15.2 Å². The maximum absolute atomic E-state index is 13.2. The third-order valence-corrected chi connectivity index (χ3v) is 3.58. The normalized spacial score (nSPS) is 18.4. The highest BCUT2D eigenvalue weighted by molar-refractivity contribution is 5.64.